The monoisotopic (exact) mass is 315 g/mol. The molecule has 0 bridgehead atoms. The highest BCUT2D eigenvalue weighted by Gasteiger charge is 2.31. The lowest BCUT2D eigenvalue weighted by molar-refractivity contribution is 0.0641. The molecule has 5 heteroatoms. The zero-order valence-electron chi connectivity index (χ0n) is 10.1. The third-order valence-corrected chi connectivity index (χ3v) is 3.63. The number of nitrogens with zero attached hydrogens (tertiary/aromatic N) is 1. The Morgan fingerprint density at radius 1 is 1.61 bits per heavy atom. The number of hydrogen-bond acceptors (Lipinski definition) is 2. The maximum atomic E-state index is 13.6. The first-order valence-corrected chi connectivity index (χ1v) is 6.67. The van der Waals surface area contributed by atoms with E-state index in [1.54, 1.807) is 13.1 Å². The highest BCUT2D eigenvalue weighted by Crippen LogP contribution is 2.32. The number of aliphatic hydroxyl groups is 1. The standard InChI is InChI=1S/C13H15BrFNO2/c1-16(7-12(17)8-2-3-8)13(18)10-6-9(14)4-5-11(10)15/h4-6,8,12,17H,2-3,7H2,1H3. The molecule has 0 spiro atoms. The van der Waals surface area contributed by atoms with Crippen LogP contribution in [-0.2, 0) is 0 Å². The summed E-state index contributed by atoms with van der Waals surface area (Å²) in [5.41, 5.74) is 0.0230. The number of aliphatic hydroxyl groups excluding tert-OH is 1. The van der Waals surface area contributed by atoms with Crippen LogP contribution in [0.4, 0.5) is 4.39 Å². The first-order chi connectivity index (χ1) is 8.49. The average molecular weight is 316 g/mol. The van der Waals surface area contributed by atoms with Gasteiger partial charge in [-0.25, -0.2) is 4.39 Å². The molecule has 1 aromatic rings. The van der Waals surface area contributed by atoms with E-state index in [1.165, 1.54) is 17.0 Å². The molecule has 1 saturated carbocycles. The van der Waals surface area contributed by atoms with E-state index in [0.29, 0.717) is 10.4 Å². The van der Waals surface area contributed by atoms with E-state index in [1.807, 2.05) is 0 Å². The third-order valence-electron chi connectivity index (χ3n) is 3.13. The van der Waals surface area contributed by atoms with Crippen LogP contribution >= 0.6 is 15.9 Å². The van der Waals surface area contributed by atoms with Gasteiger partial charge >= 0.3 is 0 Å². The van der Waals surface area contributed by atoms with Gasteiger partial charge in [0.2, 0.25) is 0 Å². The quantitative estimate of drug-likeness (QED) is 0.927. The molecule has 1 aromatic carbocycles. The molecule has 98 valence electrons. The fourth-order valence-electron chi connectivity index (χ4n) is 1.86. The summed E-state index contributed by atoms with van der Waals surface area (Å²) in [6, 6.07) is 4.26. The van der Waals surface area contributed by atoms with Crippen LogP contribution in [0.1, 0.15) is 23.2 Å². The molecule has 0 radical (unpaired) electrons. The minimum Gasteiger partial charge on any atom is -0.391 e. The van der Waals surface area contributed by atoms with Gasteiger partial charge in [0.1, 0.15) is 5.82 Å². The molecule has 1 unspecified atom stereocenters. The van der Waals surface area contributed by atoms with Crippen LogP contribution in [-0.4, -0.2) is 35.6 Å². The number of likely N-dealkylation sites (N-methyl/N-ethyl adjacent to an activating group) is 1. The van der Waals surface area contributed by atoms with Crippen molar-refractivity contribution in [1.82, 2.24) is 4.90 Å². The number of halogens is 2. The van der Waals surface area contributed by atoms with E-state index in [0.717, 1.165) is 12.8 Å². The first-order valence-electron chi connectivity index (χ1n) is 5.87. The maximum Gasteiger partial charge on any atom is 0.256 e. The van der Waals surface area contributed by atoms with Gasteiger partial charge in [0, 0.05) is 18.1 Å². The van der Waals surface area contributed by atoms with Gasteiger partial charge < -0.3 is 10.0 Å². The van der Waals surface area contributed by atoms with Gasteiger partial charge in [0.25, 0.3) is 5.91 Å². The Hall–Kier alpha value is -0.940. The number of carbonyl (C=O) groups is 1. The molecular weight excluding hydrogens is 301 g/mol. The molecule has 1 N–H and O–H groups in total. The highest BCUT2D eigenvalue weighted by atomic mass is 79.9. The SMILES string of the molecule is CN(CC(O)C1CC1)C(=O)c1cc(Br)ccc1F. The molecule has 1 aliphatic rings. The largest absolute Gasteiger partial charge is 0.391 e. The van der Waals surface area contributed by atoms with E-state index in [4.69, 9.17) is 0 Å². The Morgan fingerprint density at radius 2 is 2.28 bits per heavy atom. The van der Waals surface area contributed by atoms with Crippen LogP contribution in [0.15, 0.2) is 22.7 Å². The van der Waals surface area contributed by atoms with Crippen molar-refractivity contribution >= 4 is 21.8 Å². The lowest BCUT2D eigenvalue weighted by atomic mass is 10.1. The van der Waals surface area contributed by atoms with Gasteiger partial charge in [-0.2, -0.15) is 0 Å². The van der Waals surface area contributed by atoms with E-state index in [9.17, 15) is 14.3 Å². The molecule has 1 aliphatic carbocycles. The normalized spacial score (nSPS) is 16.4. The van der Waals surface area contributed by atoms with Gasteiger partial charge in [0.05, 0.1) is 11.7 Å². The molecule has 0 heterocycles. The minimum absolute atomic E-state index is 0.0230. The summed E-state index contributed by atoms with van der Waals surface area (Å²) in [5, 5.41) is 9.78. The minimum atomic E-state index is -0.545. The predicted octanol–water partition coefficient (Wildman–Crippen LogP) is 2.43. The summed E-state index contributed by atoms with van der Waals surface area (Å²) in [7, 11) is 1.58. The second-order valence-corrected chi connectivity index (χ2v) is 5.63. The van der Waals surface area contributed by atoms with Crippen molar-refractivity contribution in [2.75, 3.05) is 13.6 Å². The van der Waals surface area contributed by atoms with E-state index in [-0.39, 0.29) is 12.1 Å². The van der Waals surface area contributed by atoms with Crippen molar-refractivity contribution in [3.05, 3.63) is 34.1 Å². The van der Waals surface area contributed by atoms with Crippen LogP contribution in [0.25, 0.3) is 0 Å². The Morgan fingerprint density at radius 3 is 2.89 bits per heavy atom. The van der Waals surface area contributed by atoms with Crippen LogP contribution in [0.3, 0.4) is 0 Å². The summed E-state index contributed by atoms with van der Waals surface area (Å²) in [4.78, 5) is 13.4. The van der Waals surface area contributed by atoms with Gasteiger partial charge in [0.15, 0.2) is 0 Å². The second kappa shape index (κ2) is 5.36. The van der Waals surface area contributed by atoms with Crippen LogP contribution in [0, 0.1) is 11.7 Å². The Balaban J connectivity index is 2.07. The summed E-state index contributed by atoms with van der Waals surface area (Å²) in [6.45, 7) is 0.245. The fourth-order valence-corrected chi connectivity index (χ4v) is 2.22. The summed E-state index contributed by atoms with van der Waals surface area (Å²) in [6.07, 6.45) is 1.51. The lowest BCUT2D eigenvalue weighted by Crippen LogP contribution is -2.35. The van der Waals surface area contributed by atoms with Crippen LogP contribution in [0.5, 0.6) is 0 Å². The van der Waals surface area contributed by atoms with E-state index < -0.39 is 17.8 Å². The van der Waals surface area contributed by atoms with Gasteiger partial charge in [-0.05, 0) is 37.0 Å². The van der Waals surface area contributed by atoms with Crippen molar-refractivity contribution in [2.45, 2.75) is 18.9 Å². The first kappa shape index (κ1) is 13.5. The molecule has 0 aromatic heterocycles. The fraction of sp³-hybridized carbons (Fsp3) is 0.462. The molecule has 18 heavy (non-hydrogen) atoms. The zero-order valence-corrected chi connectivity index (χ0v) is 11.7. The molecule has 3 nitrogen and oxygen atoms in total. The molecule has 2 rings (SSSR count). The number of benzene rings is 1. The van der Waals surface area contributed by atoms with Crippen molar-refractivity contribution in [3.8, 4) is 0 Å². The van der Waals surface area contributed by atoms with Crippen LogP contribution < -0.4 is 0 Å². The average Bonchev–Trinajstić information content (AvgIpc) is 3.15. The molecule has 1 atom stereocenters. The van der Waals surface area contributed by atoms with E-state index in [2.05, 4.69) is 15.9 Å². The number of amides is 1. The number of hydrogen-bond donors (Lipinski definition) is 1. The molecular formula is C13H15BrFNO2. The molecule has 0 saturated heterocycles. The van der Waals surface area contributed by atoms with Crippen molar-refractivity contribution in [2.24, 2.45) is 5.92 Å². The second-order valence-electron chi connectivity index (χ2n) is 4.71. The molecule has 0 aliphatic heterocycles. The third kappa shape index (κ3) is 3.09. The predicted molar refractivity (Wildman–Crippen MR) is 69.8 cm³/mol. The Bertz CT molecular complexity index is 462. The van der Waals surface area contributed by atoms with Crippen molar-refractivity contribution in [1.29, 1.82) is 0 Å². The zero-order chi connectivity index (χ0) is 13.3. The van der Waals surface area contributed by atoms with Gasteiger partial charge in [-0.1, -0.05) is 15.9 Å². The highest BCUT2D eigenvalue weighted by molar-refractivity contribution is 9.10. The Kier molecular flexibility index (Phi) is 4.02. The van der Waals surface area contributed by atoms with E-state index >= 15 is 0 Å². The molecule has 1 fully saturated rings. The maximum absolute atomic E-state index is 13.6. The smallest absolute Gasteiger partial charge is 0.256 e. The van der Waals surface area contributed by atoms with Crippen molar-refractivity contribution < 1.29 is 14.3 Å². The molecule has 1 amide bonds. The lowest BCUT2D eigenvalue weighted by Gasteiger charge is -2.21. The Labute approximate surface area is 114 Å². The van der Waals surface area contributed by atoms with Gasteiger partial charge in [-0.3, -0.25) is 4.79 Å². The number of carbonyl (C=O) groups excluding carboxylic acids is 1. The topological polar surface area (TPSA) is 40.5 Å². The summed E-state index contributed by atoms with van der Waals surface area (Å²) < 4.78 is 14.2. The van der Waals surface area contributed by atoms with Crippen LogP contribution in [0.2, 0.25) is 0 Å². The van der Waals surface area contributed by atoms with Crippen molar-refractivity contribution in [3.63, 3.8) is 0 Å². The van der Waals surface area contributed by atoms with Gasteiger partial charge in [-0.15, -0.1) is 0 Å². The number of rotatable bonds is 4. The summed E-state index contributed by atoms with van der Waals surface area (Å²) in [5.74, 6) is -0.655. The summed E-state index contributed by atoms with van der Waals surface area (Å²) >= 11 is 3.21.